The first-order valence-electron chi connectivity index (χ1n) is 8.56. The van der Waals surface area contributed by atoms with Crippen LogP contribution in [0.15, 0.2) is 56.3 Å². The molecule has 0 aliphatic rings. The number of nitrogens with one attached hydrogen (secondary N) is 1. The molecule has 3 aromatic heterocycles. The Kier molecular flexibility index (Phi) is 4.57. The van der Waals surface area contributed by atoms with Crippen LogP contribution in [0.1, 0.15) is 18.3 Å². The number of rotatable bonds is 5. The van der Waals surface area contributed by atoms with E-state index in [1.165, 1.54) is 4.68 Å². The molecular formula is C19H17BrN4O3. The molecule has 0 atom stereocenters. The summed E-state index contributed by atoms with van der Waals surface area (Å²) in [7, 11) is 0. The van der Waals surface area contributed by atoms with Gasteiger partial charge in [0.2, 0.25) is 5.91 Å². The second-order valence-corrected chi connectivity index (χ2v) is 7.09. The monoisotopic (exact) mass is 428 g/mol. The predicted molar refractivity (Wildman–Crippen MR) is 105 cm³/mol. The van der Waals surface area contributed by atoms with E-state index in [-0.39, 0.29) is 18.0 Å². The Morgan fingerprint density at radius 1 is 1.26 bits per heavy atom. The molecule has 0 saturated carbocycles. The number of hydrogen-bond donors (Lipinski definition) is 1. The van der Waals surface area contributed by atoms with Crippen molar-refractivity contribution >= 4 is 38.5 Å². The van der Waals surface area contributed by atoms with E-state index in [1.807, 2.05) is 31.2 Å². The van der Waals surface area contributed by atoms with E-state index in [9.17, 15) is 9.59 Å². The van der Waals surface area contributed by atoms with Crippen molar-refractivity contribution in [3.63, 3.8) is 0 Å². The summed E-state index contributed by atoms with van der Waals surface area (Å²) in [5.74, 6) is 0.423. The van der Waals surface area contributed by atoms with Gasteiger partial charge in [-0.15, -0.1) is 0 Å². The minimum absolute atomic E-state index is 0.136. The van der Waals surface area contributed by atoms with Crippen LogP contribution in [0.3, 0.4) is 0 Å². The lowest BCUT2D eigenvalue weighted by Crippen LogP contribution is -2.35. The maximum atomic E-state index is 12.8. The first kappa shape index (κ1) is 17.5. The molecule has 0 fully saturated rings. The van der Waals surface area contributed by atoms with Crippen LogP contribution >= 0.6 is 15.9 Å². The number of benzene rings is 1. The van der Waals surface area contributed by atoms with Crippen LogP contribution in [-0.2, 0) is 24.3 Å². The molecule has 0 aliphatic heterocycles. The predicted octanol–water partition coefficient (Wildman–Crippen LogP) is 2.88. The highest BCUT2D eigenvalue weighted by atomic mass is 79.9. The summed E-state index contributed by atoms with van der Waals surface area (Å²) in [5.41, 5.74) is 2.53. The van der Waals surface area contributed by atoms with Crippen molar-refractivity contribution in [2.24, 2.45) is 0 Å². The Balaban J connectivity index is 1.60. The Labute approximate surface area is 162 Å². The fourth-order valence-electron chi connectivity index (χ4n) is 3.10. The first-order valence-corrected chi connectivity index (χ1v) is 9.36. The van der Waals surface area contributed by atoms with Crippen LogP contribution in [-0.4, -0.2) is 20.1 Å². The Hall–Kier alpha value is -2.87. The fraction of sp³-hybridized carbons (Fsp3) is 0.211. The Bertz CT molecular complexity index is 1200. The maximum Gasteiger partial charge on any atom is 0.291 e. The standard InChI is InChI=1S/C19H17BrN4O3/c1-2-17-22-23(11-18(25)21-10-12-4-3-5-13(20)8-12)19(26)15-9-16-14(24(15)17)6-7-27-16/h3-9H,2,10-11H2,1H3,(H,21,25). The molecule has 0 aliphatic carbocycles. The molecule has 138 valence electrons. The third-order valence-corrected chi connectivity index (χ3v) is 4.85. The molecule has 4 rings (SSSR count). The smallest absolute Gasteiger partial charge is 0.291 e. The van der Waals surface area contributed by atoms with Crippen molar-refractivity contribution in [1.29, 1.82) is 0 Å². The molecule has 1 N–H and O–H groups in total. The highest BCUT2D eigenvalue weighted by Gasteiger charge is 2.16. The second kappa shape index (κ2) is 7.03. The summed E-state index contributed by atoms with van der Waals surface area (Å²) in [6, 6.07) is 11.2. The Morgan fingerprint density at radius 2 is 2.11 bits per heavy atom. The van der Waals surface area contributed by atoms with Crippen LogP contribution in [0, 0.1) is 0 Å². The van der Waals surface area contributed by atoms with Gasteiger partial charge in [0.15, 0.2) is 5.58 Å². The van der Waals surface area contributed by atoms with E-state index in [2.05, 4.69) is 26.3 Å². The molecule has 8 heteroatoms. The summed E-state index contributed by atoms with van der Waals surface area (Å²) < 4.78 is 9.34. The van der Waals surface area contributed by atoms with Crippen LogP contribution < -0.4 is 10.9 Å². The minimum Gasteiger partial charge on any atom is -0.463 e. The highest BCUT2D eigenvalue weighted by Crippen LogP contribution is 2.20. The van der Waals surface area contributed by atoms with Crippen LogP contribution in [0.4, 0.5) is 0 Å². The van der Waals surface area contributed by atoms with Gasteiger partial charge in [-0.05, 0) is 17.7 Å². The number of furan rings is 1. The maximum absolute atomic E-state index is 12.8. The number of hydrogen-bond acceptors (Lipinski definition) is 4. The van der Waals surface area contributed by atoms with Gasteiger partial charge in [0.1, 0.15) is 17.9 Å². The SMILES string of the molecule is CCc1nn(CC(=O)NCc2cccc(Br)c2)c(=O)c2cc3occc3n12. The van der Waals surface area contributed by atoms with Gasteiger partial charge in [-0.3, -0.25) is 14.0 Å². The van der Waals surface area contributed by atoms with Crippen molar-refractivity contribution < 1.29 is 9.21 Å². The van der Waals surface area contributed by atoms with Gasteiger partial charge in [0, 0.05) is 29.6 Å². The number of nitrogens with zero attached hydrogens (tertiary/aromatic N) is 3. The topological polar surface area (TPSA) is 81.5 Å². The zero-order valence-corrected chi connectivity index (χ0v) is 16.2. The van der Waals surface area contributed by atoms with E-state index in [1.54, 1.807) is 22.8 Å². The third-order valence-electron chi connectivity index (χ3n) is 4.36. The quantitative estimate of drug-likeness (QED) is 0.529. The van der Waals surface area contributed by atoms with Gasteiger partial charge in [0.25, 0.3) is 5.56 Å². The lowest BCUT2D eigenvalue weighted by molar-refractivity contribution is -0.122. The van der Waals surface area contributed by atoms with Gasteiger partial charge in [-0.1, -0.05) is 35.0 Å². The molecule has 0 spiro atoms. The zero-order chi connectivity index (χ0) is 19.0. The molecule has 1 aromatic carbocycles. The number of carbonyl (C=O) groups is 1. The molecule has 0 unspecified atom stereocenters. The van der Waals surface area contributed by atoms with Gasteiger partial charge in [-0.25, -0.2) is 4.68 Å². The fourth-order valence-corrected chi connectivity index (χ4v) is 3.54. The summed E-state index contributed by atoms with van der Waals surface area (Å²) in [5, 5.41) is 7.21. The Morgan fingerprint density at radius 3 is 2.89 bits per heavy atom. The van der Waals surface area contributed by atoms with Crippen LogP contribution in [0.5, 0.6) is 0 Å². The van der Waals surface area contributed by atoms with E-state index < -0.39 is 0 Å². The van der Waals surface area contributed by atoms with Crippen molar-refractivity contribution in [3.8, 4) is 0 Å². The van der Waals surface area contributed by atoms with Gasteiger partial charge < -0.3 is 9.73 Å². The lowest BCUT2D eigenvalue weighted by atomic mass is 10.2. The zero-order valence-electron chi connectivity index (χ0n) is 14.6. The molecule has 3 heterocycles. The molecule has 4 aromatic rings. The molecule has 7 nitrogen and oxygen atoms in total. The summed E-state index contributed by atoms with van der Waals surface area (Å²) in [4.78, 5) is 25.1. The van der Waals surface area contributed by atoms with E-state index in [0.29, 0.717) is 29.9 Å². The van der Waals surface area contributed by atoms with Crippen molar-refractivity contribution in [1.82, 2.24) is 19.5 Å². The molecular weight excluding hydrogens is 412 g/mol. The lowest BCUT2D eigenvalue weighted by Gasteiger charge is -2.10. The molecule has 0 radical (unpaired) electrons. The van der Waals surface area contributed by atoms with Crippen molar-refractivity contribution in [2.75, 3.05) is 0 Å². The van der Waals surface area contributed by atoms with Crippen molar-refractivity contribution in [2.45, 2.75) is 26.4 Å². The molecule has 1 amide bonds. The number of fused-ring (bicyclic) bond motifs is 3. The largest absolute Gasteiger partial charge is 0.463 e. The first-order chi connectivity index (χ1) is 13.1. The van der Waals surface area contributed by atoms with Gasteiger partial charge in [-0.2, -0.15) is 5.10 Å². The van der Waals surface area contributed by atoms with Gasteiger partial charge >= 0.3 is 0 Å². The van der Waals surface area contributed by atoms with Crippen molar-refractivity contribution in [3.05, 3.63) is 68.9 Å². The molecule has 27 heavy (non-hydrogen) atoms. The van der Waals surface area contributed by atoms with Crippen LogP contribution in [0.25, 0.3) is 16.6 Å². The van der Waals surface area contributed by atoms with E-state index in [4.69, 9.17) is 4.42 Å². The number of halogens is 1. The van der Waals surface area contributed by atoms with E-state index in [0.717, 1.165) is 15.6 Å². The summed E-state index contributed by atoms with van der Waals surface area (Å²) >= 11 is 3.40. The highest BCUT2D eigenvalue weighted by molar-refractivity contribution is 9.10. The minimum atomic E-state index is -0.323. The van der Waals surface area contributed by atoms with Crippen LogP contribution in [0.2, 0.25) is 0 Å². The number of amides is 1. The number of aromatic nitrogens is 3. The van der Waals surface area contributed by atoms with E-state index >= 15 is 0 Å². The normalized spacial score (nSPS) is 11.3. The second-order valence-electron chi connectivity index (χ2n) is 6.17. The average molecular weight is 429 g/mol. The third kappa shape index (κ3) is 3.28. The molecule has 0 saturated heterocycles. The van der Waals surface area contributed by atoms with Gasteiger partial charge in [0.05, 0.1) is 11.8 Å². The summed E-state index contributed by atoms with van der Waals surface area (Å²) in [6.07, 6.45) is 2.20. The average Bonchev–Trinajstić information content (AvgIpc) is 3.24. The number of aryl methyl sites for hydroxylation is 1. The summed E-state index contributed by atoms with van der Waals surface area (Å²) in [6.45, 7) is 2.20. The number of carbonyl (C=O) groups excluding carboxylic acids is 1. The molecule has 0 bridgehead atoms.